The molecular formula is C14H22N4O2. The van der Waals surface area contributed by atoms with E-state index in [0.29, 0.717) is 5.82 Å². The normalized spacial score (nSPS) is 17.7. The van der Waals surface area contributed by atoms with Crippen molar-refractivity contribution in [3.05, 3.63) is 27.9 Å². The number of nitrogens with one attached hydrogen (secondary N) is 1. The second-order valence-corrected chi connectivity index (χ2v) is 5.48. The molecule has 1 aromatic rings. The molecule has 1 fully saturated rings. The predicted molar refractivity (Wildman–Crippen MR) is 79.0 cm³/mol. The van der Waals surface area contributed by atoms with Crippen LogP contribution in [0, 0.1) is 17.0 Å². The number of aryl methyl sites for hydroxylation is 1. The first kappa shape index (κ1) is 14.7. The Kier molecular flexibility index (Phi) is 4.89. The molecule has 2 heterocycles. The van der Waals surface area contributed by atoms with Gasteiger partial charge in [0.05, 0.1) is 4.92 Å². The standard InChI is InChI=1S/C14H22N4O2/c1-11-6-7-13(18(19)20)14(15-11)16-12(2)10-17-8-4-3-5-9-17/h6-7,12H,3-5,8-10H2,1-2H3,(H,15,16). The van der Waals surface area contributed by atoms with E-state index in [1.165, 1.54) is 25.3 Å². The molecule has 6 nitrogen and oxygen atoms in total. The molecule has 1 aliphatic heterocycles. The molecule has 0 aliphatic carbocycles. The summed E-state index contributed by atoms with van der Waals surface area (Å²) in [4.78, 5) is 17.3. The summed E-state index contributed by atoms with van der Waals surface area (Å²) < 4.78 is 0. The van der Waals surface area contributed by atoms with Gasteiger partial charge in [0, 0.05) is 24.3 Å². The summed E-state index contributed by atoms with van der Waals surface area (Å²) in [6.45, 7) is 7.02. The van der Waals surface area contributed by atoms with E-state index >= 15 is 0 Å². The van der Waals surface area contributed by atoms with Gasteiger partial charge in [-0.1, -0.05) is 6.42 Å². The predicted octanol–water partition coefficient (Wildman–Crippen LogP) is 2.58. The first-order valence-corrected chi connectivity index (χ1v) is 7.17. The van der Waals surface area contributed by atoms with Crippen molar-refractivity contribution >= 4 is 11.5 Å². The van der Waals surface area contributed by atoms with Crippen LogP contribution in [0.25, 0.3) is 0 Å². The largest absolute Gasteiger partial charge is 0.361 e. The summed E-state index contributed by atoms with van der Waals surface area (Å²) in [5, 5.41) is 14.2. The number of nitro groups is 1. The number of hydrogen-bond donors (Lipinski definition) is 1. The summed E-state index contributed by atoms with van der Waals surface area (Å²) in [7, 11) is 0. The van der Waals surface area contributed by atoms with E-state index in [1.807, 2.05) is 13.8 Å². The van der Waals surface area contributed by atoms with E-state index < -0.39 is 0 Å². The molecule has 2 rings (SSSR count). The third kappa shape index (κ3) is 3.90. The maximum atomic E-state index is 11.0. The van der Waals surface area contributed by atoms with Crippen LogP contribution in [-0.2, 0) is 0 Å². The highest BCUT2D eigenvalue weighted by atomic mass is 16.6. The van der Waals surface area contributed by atoms with Crippen molar-refractivity contribution in [3.8, 4) is 0 Å². The summed E-state index contributed by atoms with van der Waals surface area (Å²) in [6.07, 6.45) is 3.80. The lowest BCUT2D eigenvalue weighted by Gasteiger charge is -2.29. The topological polar surface area (TPSA) is 71.3 Å². The molecule has 1 unspecified atom stereocenters. The molecular weight excluding hydrogens is 256 g/mol. The van der Waals surface area contributed by atoms with Gasteiger partial charge in [0.15, 0.2) is 0 Å². The van der Waals surface area contributed by atoms with Crippen LogP contribution in [0.3, 0.4) is 0 Å². The minimum Gasteiger partial charge on any atom is -0.361 e. The van der Waals surface area contributed by atoms with Crippen LogP contribution in [0.1, 0.15) is 31.9 Å². The first-order chi connectivity index (χ1) is 9.56. The van der Waals surface area contributed by atoms with Gasteiger partial charge in [-0.2, -0.15) is 0 Å². The quantitative estimate of drug-likeness (QED) is 0.662. The maximum Gasteiger partial charge on any atom is 0.311 e. The summed E-state index contributed by atoms with van der Waals surface area (Å²) in [5.74, 6) is 0.375. The molecule has 6 heteroatoms. The van der Waals surface area contributed by atoms with E-state index in [4.69, 9.17) is 0 Å². The molecule has 1 atom stereocenters. The molecule has 0 saturated carbocycles. The van der Waals surface area contributed by atoms with Crippen molar-refractivity contribution in [3.63, 3.8) is 0 Å². The third-order valence-electron chi connectivity index (χ3n) is 3.57. The van der Waals surface area contributed by atoms with Gasteiger partial charge in [-0.05, 0) is 45.8 Å². The summed E-state index contributed by atoms with van der Waals surface area (Å²) in [5.41, 5.74) is 0.823. The van der Waals surface area contributed by atoms with E-state index in [9.17, 15) is 10.1 Å². The van der Waals surface area contributed by atoms with Crippen LogP contribution in [0.5, 0.6) is 0 Å². The summed E-state index contributed by atoms with van der Waals surface area (Å²) in [6, 6.07) is 3.32. The number of piperidine rings is 1. The highest BCUT2D eigenvalue weighted by molar-refractivity contribution is 5.56. The fraction of sp³-hybridized carbons (Fsp3) is 0.643. The molecule has 1 N–H and O–H groups in total. The van der Waals surface area contributed by atoms with Gasteiger partial charge in [-0.15, -0.1) is 0 Å². The Hall–Kier alpha value is -1.69. The van der Waals surface area contributed by atoms with Gasteiger partial charge >= 0.3 is 5.69 Å². The van der Waals surface area contributed by atoms with Crippen LogP contribution in [0.4, 0.5) is 11.5 Å². The van der Waals surface area contributed by atoms with Crippen molar-refractivity contribution in [2.45, 2.75) is 39.2 Å². The van der Waals surface area contributed by atoms with Crippen molar-refractivity contribution < 1.29 is 4.92 Å². The molecule has 0 bridgehead atoms. The van der Waals surface area contributed by atoms with E-state index in [-0.39, 0.29) is 16.7 Å². The smallest absolute Gasteiger partial charge is 0.311 e. The van der Waals surface area contributed by atoms with E-state index in [1.54, 1.807) is 6.07 Å². The van der Waals surface area contributed by atoms with Crippen LogP contribution >= 0.6 is 0 Å². The van der Waals surface area contributed by atoms with Gasteiger partial charge in [0.25, 0.3) is 0 Å². The first-order valence-electron chi connectivity index (χ1n) is 7.17. The second kappa shape index (κ2) is 6.65. The number of anilines is 1. The van der Waals surface area contributed by atoms with Gasteiger partial charge in [0.1, 0.15) is 0 Å². The molecule has 0 radical (unpaired) electrons. The maximum absolute atomic E-state index is 11.0. The Labute approximate surface area is 119 Å². The Morgan fingerprint density at radius 3 is 2.75 bits per heavy atom. The van der Waals surface area contributed by atoms with E-state index in [2.05, 4.69) is 15.2 Å². The van der Waals surface area contributed by atoms with Crippen molar-refractivity contribution in [2.75, 3.05) is 25.0 Å². The number of rotatable bonds is 5. The Bertz CT molecular complexity index is 472. The number of pyridine rings is 1. The van der Waals surface area contributed by atoms with Gasteiger partial charge in [-0.3, -0.25) is 10.1 Å². The SMILES string of the molecule is Cc1ccc([N+](=O)[O-])c(NC(C)CN2CCCCC2)n1. The van der Waals surface area contributed by atoms with E-state index in [0.717, 1.165) is 25.3 Å². The van der Waals surface area contributed by atoms with Gasteiger partial charge in [-0.25, -0.2) is 4.98 Å². The fourth-order valence-electron chi connectivity index (χ4n) is 2.61. The molecule has 1 aliphatic rings. The monoisotopic (exact) mass is 278 g/mol. The minimum absolute atomic E-state index is 0.0427. The van der Waals surface area contributed by atoms with Crippen molar-refractivity contribution in [1.29, 1.82) is 0 Å². The van der Waals surface area contributed by atoms with Gasteiger partial charge in [0.2, 0.25) is 5.82 Å². The van der Waals surface area contributed by atoms with Crippen LogP contribution in [-0.4, -0.2) is 40.5 Å². The highest BCUT2D eigenvalue weighted by Gasteiger charge is 2.19. The van der Waals surface area contributed by atoms with Crippen LogP contribution < -0.4 is 5.32 Å². The number of aromatic nitrogens is 1. The molecule has 1 saturated heterocycles. The molecule has 0 amide bonds. The number of likely N-dealkylation sites (tertiary alicyclic amines) is 1. The highest BCUT2D eigenvalue weighted by Crippen LogP contribution is 2.22. The molecule has 0 spiro atoms. The van der Waals surface area contributed by atoms with Gasteiger partial charge < -0.3 is 10.2 Å². The van der Waals surface area contributed by atoms with Crippen molar-refractivity contribution in [2.24, 2.45) is 0 Å². The average molecular weight is 278 g/mol. The zero-order valence-electron chi connectivity index (χ0n) is 12.1. The molecule has 0 aromatic carbocycles. The Morgan fingerprint density at radius 2 is 2.10 bits per heavy atom. The molecule has 20 heavy (non-hydrogen) atoms. The molecule has 110 valence electrons. The summed E-state index contributed by atoms with van der Waals surface area (Å²) >= 11 is 0. The Morgan fingerprint density at radius 1 is 1.40 bits per heavy atom. The number of hydrogen-bond acceptors (Lipinski definition) is 5. The minimum atomic E-state index is -0.387. The average Bonchev–Trinajstić information content (AvgIpc) is 2.39. The lowest BCUT2D eigenvalue weighted by atomic mass is 10.1. The number of nitrogens with zero attached hydrogens (tertiary/aromatic N) is 3. The molecule has 1 aromatic heterocycles. The van der Waals surface area contributed by atoms with Crippen molar-refractivity contribution in [1.82, 2.24) is 9.88 Å². The van der Waals surface area contributed by atoms with Crippen LogP contribution in [0.15, 0.2) is 12.1 Å². The fourth-order valence-corrected chi connectivity index (χ4v) is 2.61. The third-order valence-corrected chi connectivity index (χ3v) is 3.57. The van der Waals surface area contributed by atoms with Crippen LogP contribution in [0.2, 0.25) is 0 Å². The Balaban J connectivity index is 2.00. The lowest BCUT2D eigenvalue weighted by Crippen LogP contribution is -2.38. The lowest BCUT2D eigenvalue weighted by molar-refractivity contribution is -0.384. The zero-order valence-corrected chi connectivity index (χ0v) is 12.1. The second-order valence-electron chi connectivity index (χ2n) is 5.48. The zero-order chi connectivity index (χ0) is 14.5.